The highest BCUT2D eigenvalue weighted by Crippen LogP contribution is 1.97. The third-order valence-corrected chi connectivity index (χ3v) is 1.95. The van der Waals surface area contributed by atoms with Gasteiger partial charge in [0.2, 0.25) is 0 Å². The van der Waals surface area contributed by atoms with Gasteiger partial charge in [-0.2, -0.15) is 0 Å². The summed E-state index contributed by atoms with van der Waals surface area (Å²) in [6.07, 6.45) is 4.67. The number of aromatic nitrogens is 1. The summed E-state index contributed by atoms with van der Waals surface area (Å²) in [6.45, 7) is 7.84. The summed E-state index contributed by atoms with van der Waals surface area (Å²) in [6, 6.07) is 4.03. The molecule has 0 unspecified atom stereocenters. The van der Waals surface area contributed by atoms with Gasteiger partial charge in [-0.1, -0.05) is 19.1 Å². The summed E-state index contributed by atoms with van der Waals surface area (Å²) < 4.78 is 0. The van der Waals surface area contributed by atoms with Crippen molar-refractivity contribution in [3.8, 4) is 0 Å². The Morgan fingerprint density at radius 1 is 1.46 bits per heavy atom. The maximum Gasteiger partial charge on any atom is 0.0271 e. The molecular formula is C11H16N2. The van der Waals surface area contributed by atoms with Crippen molar-refractivity contribution >= 4 is 0 Å². The van der Waals surface area contributed by atoms with Crippen molar-refractivity contribution in [3.05, 3.63) is 42.2 Å². The number of hydrogen-bond acceptors (Lipinski definition) is 2. The van der Waals surface area contributed by atoms with Gasteiger partial charge >= 0.3 is 0 Å². The van der Waals surface area contributed by atoms with Gasteiger partial charge in [0.15, 0.2) is 0 Å². The standard InChI is InChI=1S/C11H16N2/c1-3-10(2)8-13-9-11-4-6-12-7-5-11/h4-7,13H,2-3,8-9H2,1H3. The van der Waals surface area contributed by atoms with Crippen LogP contribution in [0.2, 0.25) is 0 Å². The lowest BCUT2D eigenvalue weighted by Gasteiger charge is -2.05. The Balaban J connectivity index is 2.24. The Morgan fingerprint density at radius 2 is 2.15 bits per heavy atom. The summed E-state index contributed by atoms with van der Waals surface area (Å²) >= 11 is 0. The van der Waals surface area contributed by atoms with Crippen LogP contribution >= 0.6 is 0 Å². The number of nitrogens with one attached hydrogen (secondary N) is 1. The molecule has 0 aromatic carbocycles. The zero-order valence-electron chi connectivity index (χ0n) is 8.09. The van der Waals surface area contributed by atoms with Crippen LogP contribution in [0.3, 0.4) is 0 Å². The van der Waals surface area contributed by atoms with E-state index >= 15 is 0 Å². The molecule has 0 aliphatic heterocycles. The third-order valence-electron chi connectivity index (χ3n) is 1.95. The van der Waals surface area contributed by atoms with E-state index in [4.69, 9.17) is 0 Å². The van der Waals surface area contributed by atoms with Gasteiger partial charge in [-0.3, -0.25) is 4.98 Å². The van der Waals surface area contributed by atoms with E-state index < -0.39 is 0 Å². The molecule has 1 N–H and O–H groups in total. The Hall–Kier alpha value is -1.15. The second-order valence-electron chi connectivity index (χ2n) is 3.06. The molecule has 70 valence electrons. The number of rotatable bonds is 5. The van der Waals surface area contributed by atoms with Crippen LogP contribution in [0.5, 0.6) is 0 Å². The maximum absolute atomic E-state index is 3.96. The monoisotopic (exact) mass is 176 g/mol. The van der Waals surface area contributed by atoms with Crippen molar-refractivity contribution in [2.45, 2.75) is 19.9 Å². The lowest BCUT2D eigenvalue weighted by atomic mass is 10.2. The number of nitrogens with zero attached hydrogens (tertiary/aromatic N) is 1. The van der Waals surface area contributed by atoms with Crippen LogP contribution in [0, 0.1) is 0 Å². The topological polar surface area (TPSA) is 24.9 Å². The first-order valence-electron chi connectivity index (χ1n) is 4.59. The van der Waals surface area contributed by atoms with Crippen molar-refractivity contribution in [2.75, 3.05) is 6.54 Å². The fourth-order valence-electron chi connectivity index (χ4n) is 1.01. The molecule has 0 atom stereocenters. The van der Waals surface area contributed by atoms with Crippen LogP contribution in [0.15, 0.2) is 36.7 Å². The highest BCUT2D eigenvalue weighted by molar-refractivity contribution is 5.09. The van der Waals surface area contributed by atoms with E-state index in [2.05, 4.69) is 23.8 Å². The van der Waals surface area contributed by atoms with Gasteiger partial charge in [0.1, 0.15) is 0 Å². The smallest absolute Gasteiger partial charge is 0.0271 e. The molecule has 1 heterocycles. The molecule has 13 heavy (non-hydrogen) atoms. The fraction of sp³-hybridized carbons (Fsp3) is 0.364. The van der Waals surface area contributed by atoms with Crippen LogP contribution < -0.4 is 5.32 Å². The zero-order chi connectivity index (χ0) is 9.52. The van der Waals surface area contributed by atoms with Crippen molar-refractivity contribution in [1.29, 1.82) is 0 Å². The second-order valence-corrected chi connectivity index (χ2v) is 3.06. The van der Waals surface area contributed by atoms with Gasteiger partial charge in [0.25, 0.3) is 0 Å². The average Bonchev–Trinajstić information content (AvgIpc) is 2.19. The molecule has 0 fully saturated rings. The molecule has 1 aromatic heterocycles. The van der Waals surface area contributed by atoms with Gasteiger partial charge in [-0.05, 0) is 24.1 Å². The lowest BCUT2D eigenvalue weighted by molar-refractivity contribution is 0.726. The zero-order valence-corrected chi connectivity index (χ0v) is 8.09. The third kappa shape index (κ3) is 3.85. The summed E-state index contributed by atoms with van der Waals surface area (Å²) in [5, 5.41) is 3.33. The van der Waals surface area contributed by atoms with E-state index in [-0.39, 0.29) is 0 Å². The Kier molecular flexibility index (Phi) is 4.19. The van der Waals surface area contributed by atoms with Gasteiger partial charge < -0.3 is 5.32 Å². The molecule has 0 spiro atoms. The van der Waals surface area contributed by atoms with E-state index in [1.807, 2.05) is 24.5 Å². The predicted octanol–water partition coefficient (Wildman–Crippen LogP) is 2.14. The number of pyridine rings is 1. The Morgan fingerprint density at radius 3 is 2.77 bits per heavy atom. The first-order chi connectivity index (χ1) is 6.33. The van der Waals surface area contributed by atoms with Crippen LogP contribution in [0.1, 0.15) is 18.9 Å². The molecule has 2 nitrogen and oxygen atoms in total. The molecule has 0 saturated heterocycles. The molecule has 0 radical (unpaired) electrons. The minimum atomic E-state index is 0.890. The molecule has 1 aromatic rings. The molecule has 0 bridgehead atoms. The second kappa shape index (κ2) is 5.49. The highest BCUT2D eigenvalue weighted by Gasteiger charge is 1.92. The van der Waals surface area contributed by atoms with Gasteiger partial charge in [-0.15, -0.1) is 0 Å². The summed E-state index contributed by atoms with van der Waals surface area (Å²) in [4.78, 5) is 3.96. The molecule has 0 saturated carbocycles. The van der Waals surface area contributed by atoms with Crippen molar-refractivity contribution in [1.82, 2.24) is 10.3 Å². The van der Waals surface area contributed by atoms with E-state index in [9.17, 15) is 0 Å². The minimum absolute atomic E-state index is 0.890. The lowest BCUT2D eigenvalue weighted by Crippen LogP contribution is -2.15. The van der Waals surface area contributed by atoms with Gasteiger partial charge in [-0.25, -0.2) is 0 Å². The summed E-state index contributed by atoms with van der Waals surface area (Å²) in [5.41, 5.74) is 2.51. The number of hydrogen-bond donors (Lipinski definition) is 1. The van der Waals surface area contributed by atoms with Crippen LogP contribution in [0.4, 0.5) is 0 Å². The van der Waals surface area contributed by atoms with E-state index in [0.29, 0.717) is 0 Å². The largest absolute Gasteiger partial charge is 0.309 e. The minimum Gasteiger partial charge on any atom is -0.309 e. The first-order valence-corrected chi connectivity index (χ1v) is 4.59. The summed E-state index contributed by atoms with van der Waals surface area (Å²) in [7, 11) is 0. The van der Waals surface area contributed by atoms with Crippen LogP contribution in [-0.2, 0) is 6.54 Å². The quantitative estimate of drug-likeness (QED) is 0.695. The van der Waals surface area contributed by atoms with Gasteiger partial charge in [0, 0.05) is 25.5 Å². The molecule has 0 aliphatic rings. The van der Waals surface area contributed by atoms with Gasteiger partial charge in [0.05, 0.1) is 0 Å². The molecule has 0 aliphatic carbocycles. The Labute approximate surface area is 79.7 Å². The average molecular weight is 176 g/mol. The van der Waals surface area contributed by atoms with E-state index in [1.54, 1.807) is 0 Å². The molecule has 1 rings (SSSR count). The van der Waals surface area contributed by atoms with Crippen molar-refractivity contribution < 1.29 is 0 Å². The summed E-state index contributed by atoms with van der Waals surface area (Å²) in [5.74, 6) is 0. The SMILES string of the molecule is C=C(CC)CNCc1ccncc1. The Bertz CT molecular complexity index is 254. The van der Waals surface area contributed by atoms with Crippen LogP contribution in [0.25, 0.3) is 0 Å². The van der Waals surface area contributed by atoms with Crippen LogP contribution in [-0.4, -0.2) is 11.5 Å². The highest BCUT2D eigenvalue weighted by atomic mass is 14.8. The molecule has 0 amide bonds. The van der Waals surface area contributed by atoms with E-state index in [0.717, 1.165) is 19.5 Å². The molecular weight excluding hydrogens is 160 g/mol. The fourth-order valence-corrected chi connectivity index (χ4v) is 1.01. The van der Waals surface area contributed by atoms with Crippen molar-refractivity contribution in [3.63, 3.8) is 0 Å². The predicted molar refractivity (Wildman–Crippen MR) is 55.4 cm³/mol. The van der Waals surface area contributed by atoms with Crippen molar-refractivity contribution in [2.24, 2.45) is 0 Å². The maximum atomic E-state index is 3.96. The normalized spacial score (nSPS) is 9.92. The first kappa shape index (κ1) is 9.93. The van der Waals surface area contributed by atoms with E-state index in [1.165, 1.54) is 11.1 Å². The molecule has 2 heteroatoms.